The topological polar surface area (TPSA) is 49.4 Å². The van der Waals surface area contributed by atoms with Gasteiger partial charge in [0, 0.05) is 19.3 Å². The van der Waals surface area contributed by atoms with Crippen LogP contribution < -0.4 is 10.2 Å². The van der Waals surface area contributed by atoms with E-state index in [0.717, 1.165) is 29.8 Å². The Hall–Kier alpha value is -1.84. The van der Waals surface area contributed by atoms with Crippen molar-refractivity contribution in [3.05, 3.63) is 29.3 Å². The number of likely N-dealkylation sites (N-methyl/N-ethyl adjacent to an activating group) is 1. The molecule has 0 radical (unpaired) electrons. The van der Waals surface area contributed by atoms with Crippen LogP contribution in [0.2, 0.25) is 0 Å². The van der Waals surface area contributed by atoms with E-state index < -0.39 is 0 Å². The molecule has 1 N–H and O–H groups in total. The van der Waals surface area contributed by atoms with Crippen molar-refractivity contribution in [3.8, 4) is 0 Å². The summed E-state index contributed by atoms with van der Waals surface area (Å²) < 4.78 is 0. The van der Waals surface area contributed by atoms with Crippen LogP contribution in [0.5, 0.6) is 0 Å². The summed E-state index contributed by atoms with van der Waals surface area (Å²) in [5, 5.41) is 2.93. The molecule has 0 atom stereocenters. The standard InChI is InChI=1S/C16H22N2O2/c1-11(2)6-7-17-15(19)9-12-4-5-14-13(8-12)10-16(20)18(14)3/h4-5,8,11H,6-7,9-10H2,1-3H3,(H,17,19). The summed E-state index contributed by atoms with van der Waals surface area (Å²) in [6.07, 6.45) is 1.81. The van der Waals surface area contributed by atoms with Crippen molar-refractivity contribution in [3.63, 3.8) is 0 Å². The van der Waals surface area contributed by atoms with Gasteiger partial charge in [-0.05, 0) is 29.5 Å². The second-order valence-corrected chi connectivity index (χ2v) is 5.80. The van der Waals surface area contributed by atoms with Gasteiger partial charge in [-0.25, -0.2) is 0 Å². The van der Waals surface area contributed by atoms with Crippen LogP contribution in [0.3, 0.4) is 0 Å². The highest BCUT2D eigenvalue weighted by atomic mass is 16.2. The van der Waals surface area contributed by atoms with Gasteiger partial charge in [-0.3, -0.25) is 9.59 Å². The van der Waals surface area contributed by atoms with Crippen molar-refractivity contribution in [1.82, 2.24) is 5.32 Å². The molecule has 2 rings (SSSR count). The minimum absolute atomic E-state index is 0.0447. The summed E-state index contributed by atoms with van der Waals surface area (Å²) in [6, 6.07) is 5.83. The van der Waals surface area contributed by atoms with Gasteiger partial charge < -0.3 is 10.2 Å². The van der Waals surface area contributed by atoms with Crippen molar-refractivity contribution >= 4 is 17.5 Å². The van der Waals surface area contributed by atoms with E-state index in [1.807, 2.05) is 18.2 Å². The zero-order valence-electron chi connectivity index (χ0n) is 12.4. The highest BCUT2D eigenvalue weighted by Gasteiger charge is 2.23. The molecule has 0 unspecified atom stereocenters. The van der Waals surface area contributed by atoms with Crippen LogP contribution in [0.4, 0.5) is 5.69 Å². The van der Waals surface area contributed by atoms with Crippen molar-refractivity contribution < 1.29 is 9.59 Å². The zero-order valence-corrected chi connectivity index (χ0v) is 12.4. The van der Waals surface area contributed by atoms with Crippen molar-refractivity contribution in [2.45, 2.75) is 33.1 Å². The van der Waals surface area contributed by atoms with Gasteiger partial charge in [-0.2, -0.15) is 0 Å². The molecule has 2 amide bonds. The molecule has 1 aromatic carbocycles. The number of hydrogen-bond acceptors (Lipinski definition) is 2. The summed E-state index contributed by atoms with van der Waals surface area (Å²) in [5.74, 6) is 0.749. The molecule has 0 saturated carbocycles. The quantitative estimate of drug-likeness (QED) is 0.891. The molecular weight excluding hydrogens is 252 g/mol. The Morgan fingerprint density at radius 2 is 2.15 bits per heavy atom. The summed E-state index contributed by atoms with van der Waals surface area (Å²) in [4.78, 5) is 25.1. The Labute approximate surface area is 120 Å². The summed E-state index contributed by atoms with van der Waals surface area (Å²) in [6.45, 7) is 5.00. The SMILES string of the molecule is CC(C)CCNC(=O)Cc1ccc2c(c1)CC(=O)N2C. The Kier molecular flexibility index (Phi) is 4.42. The third-order valence-corrected chi connectivity index (χ3v) is 3.63. The molecule has 108 valence electrons. The van der Waals surface area contributed by atoms with Gasteiger partial charge in [0.2, 0.25) is 11.8 Å². The Bertz CT molecular complexity index is 523. The fourth-order valence-corrected chi connectivity index (χ4v) is 2.38. The van der Waals surface area contributed by atoms with Gasteiger partial charge in [0.25, 0.3) is 0 Å². The van der Waals surface area contributed by atoms with Crippen LogP contribution in [-0.4, -0.2) is 25.4 Å². The largest absolute Gasteiger partial charge is 0.356 e. The lowest BCUT2D eigenvalue weighted by Gasteiger charge is -2.11. The lowest BCUT2D eigenvalue weighted by molar-refractivity contribution is -0.120. The van der Waals surface area contributed by atoms with Crippen LogP contribution in [0.15, 0.2) is 18.2 Å². The number of carbonyl (C=O) groups excluding carboxylic acids is 2. The molecule has 0 aromatic heterocycles. The van der Waals surface area contributed by atoms with E-state index >= 15 is 0 Å². The molecule has 0 saturated heterocycles. The van der Waals surface area contributed by atoms with E-state index in [0.29, 0.717) is 18.8 Å². The third kappa shape index (κ3) is 3.38. The Balaban J connectivity index is 1.93. The molecule has 1 aromatic rings. The molecule has 4 nitrogen and oxygen atoms in total. The minimum atomic E-state index is 0.0447. The summed E-state index contributed by atoms with van der Waals surface area (Å²) in [5.41, 5.74) is 2.94. The number of hydrogen-bond donors (Lipinski definition) is 1. The smallest absolute Gasteiger partial charge is 0.231 e. The molecule has 0 fully saturated rings. The van der Waals surface area contributed by atoms with E-state index in [2.05, 4.69) is 19.2 Å². The number of fused-ring (bicyclic) bond motifs is 1. The zero-order chi connectivity index (χ0) is 14.7. The first-order chi connectivity index (χ1) is 9.47. The number of carbonyl (C=O) groups is 2. The van der Waals surface area contributed by atoms with Crippen molar-refractivity contribution in [1.29, 1.82) is 0 Å². The number of rotatable bonds is 5. The number of amides is 2. The van der Waals surface area contributed by atoms with Crippen molar-refractivity contribution in [2.24, 2.45) is 5.92 Å². The molecule has 1 aliphatic rings. The number of benzene rings is 1. The first kappa shape index (κ1) is 14.6. The maximum absolute atomic E-state index is 11.8. The number of nitrogens with one attached hydrogen (secondary N) is 1. The van der Waals surface area contributed by atoms with Gasteiger partial charge in [-0.1, -0.05) is 26.0 Å². The van der Waals surface area contributed by atoms with E-state index in [-0.39, 0.29) is 11.8 Å². The molecule has 1 aliphatic heterocycles. The highest BCUT2D eigenvalue weighted by Crippen LogP contribution is 2.28. The molecule has 20 heavy (non-hydrogen) atoms. The number of anilines is 1. The van der Waals surface area contributed by atoms with E-state index in [1.54, 1.807) is 11.9 Å². The van der Waals surface area contributed by atoms with Crippen LogP contribution >= 0.6 is 0 Å². The fraction of sp³-hybridized carbons (Fsp3) is 0.500. The first-order valence-electron chi connectivity index (χ1n) is 7.12. The molecule has 0 aliphatic carbocycles. The predicted molar refractivity (Wildman–Crippen MR) is 79.7 cm³/mol. The van der Waals surface area contributed by atoms with Gasteiger partial charge in [0.15, 0.2) is 0 Å². The lowest BCUT2D eigenvalue weighted by atomic mass is 10.1. The monoisotopic (exact) mass is 274 g/mol. The fourth-order valence-electron chi connectivity index (χ4n) is 2.38. The Morgan fingerprint density at radius 3 is 2.85 bits per heavy atom. The second-order valence-electron chi connectivity index (χ2n) is 5.80. The van der Waals surface area contributed by atoms with Gasteiger partial charge in [-0.15, -0.1) is 0 Å². The maximum atomic E-state index is 11.8. The summed E-state index contributed by atoms with van der Waals surface area (Å²) >= 11 is 0. The van der Waals surface area contributed by atoms with E-state index in [1.165, 1.54) is 0 Å². The van der Waals surface area contributed by atoms with Gasteiger partial charge >= 0.3 is 0 Å². The Morgan fingerprint density at radius 1 is 1.40 bits per heavy atom. The lowest BCUT2D eigenvalue weighted by Crippen LogP contribution is -2.26. The molecule has 0 bridgehead atoms. The average molecular weight is 274 g/mol. The van der Waals surface area contributed by atoms with E-state index in [9.17, 15) is 9.59 Å². The highest BCUT2D eigenvalue weighted by molar-refractivity contribution is 6.01. The summed E-state index contributed by atoms with van der Waals surface area (Å²) in [7, 11) is 1.78. The number of nitrogens with zero attached hydrogens (tertiary/aromatic N) is 1. The van der Waals surface area contributed by atoms with Crippen LogP contribution in [-0.2, 0) is 22.4 Å². The normalized spacial score (nSPS) is 13.8. The van der Waals surface area contributed by atoms with Crippen LogP contribution in [0.25, 0.3) is 0 Å². The maximum Gasteiger partial charge on any atom is 0.231 e. The minimum Gasteiger partial charge on any atom is -0.356 e. The van der Waals surface area contributed by atoms with Crippen LogP contribution in [0.1, 0.15) is 31.4 Å². The molecular formula is C16H22N2O2. The average Bonchev–Trinajstić information content (AvgIpc) is 2.64. The predicted octanol–water partition coefficient (Wildman–Crippen LogP) is 1.91. The third-order valence-electron chi connectivity index (χ3n) is 3.63. The van der Waals surface area contributed by atoms with Gasteiger partial charge in [0.1, 0.15) is 0 Å². The first-order valence-corrected chi connectivity index (χ1v) is 7.12. The van der Waals surface area contributed by atoms with Crippen LogP contribution in [0, 0.1) is 5.92 Å². The molecule has 1 heterocycles. The molecule has 0 spiro atoms. The van der Waals surface area contributed by atoms with E-state index in [4.69, 9.17) is 0 Å². The second kappa shape index (κ2) is 6.07. The van der Waals surface area contributed by atoms with Gasteiger partial charge in [0.05, 0.1) is 12.8 Å². The van der Waals surface area contributed by atoms with Crippen molar-refractivity contribution in [2.75, 3.05) is 18.5 Å². The molecule has 4 heteroatoms.